The van der Waals surface area contributed by atoms with Gasteiger partial charge in [0.15, 0.2) is 0 Å². The van der Waals surface area contributed by atoms with Crippen LogP contribution in [0.5, 0.6) is 0 Å². The Morgan fingerprint density at radius 2 is 1.15 bits per heavy atom. The summed E-state index contributed by atoms with van der Waals surface area (Å²) < 4.78 is 130. The van der Waals surface area contributed by atoms with Crippen molar-refractivity contribution in [3.05, 3.63) is 0 Å². The second kappa shape index (κ2) is 5.10. The number of hydrogen-bond acceptors (Lipinski definition) is 2. The Bertz CT molecular complexity index is 385. The SMILES string of the molecule is O=C(F)C(F)(OC(F)(F)C(F)(I)C(F)(F)F)C(F)(F)F. The van der Waals surface area contributed by atoms with Crippen molar-refractivity contribution in [2.75, 3.05) is 0 Å². The molecule has 0 aromatic carbocycles. The lowest BCUT2D eigenvalue weighted by molar-refractivity contribution is -0.429. The molecular weight excluding hydrogens is 440 g/mol. The van der Waals surface area contributed by atoms with Crippen molar-refractivity contribution in [2.45, 2.75) is 28.0 Å². The summed E-state index contributed by atoms with van der Waals surface area (Å²) in [5.74, 6) is -6.45. The fourth-order valence-corrected chi connectivity index (χ4v) is 0.725. The highest BCUT2D eigenvalue weighted by Gasteiger charge is 2.77. The third-order valence-corrected chi connectivity index (χ3v) is 2.85. The van der Waals surface area contributed by atoms with Gasteiger partial charge in [-0.05, 0) is 22.6 Å². The minimum atomic E-state index is -6.80. The molecule has 2 atom stereocenters. The highest BCUT2D eigenvalue weighted by atomic mass is 127. The fourth-order valence-electron chi connectivity index (χ4n) is 0.615. The van der Waals surface area contributed by atoms with Crippen LogP contribution in [0.25, 0.3) is 0 Å². The number of carbonyl (C=O) groups excluding carboxylic acids is 1. The second-order valence-corrected chi connectivity index (χ2v) is 4.54. The third kappa shape index (κ3) is 3.25. The minimum Gasteiger partial charge on any atom is -0.263 e. The lowest BCUT2D eigenvalue weighted by Gasteiger charge is -2.33. The number of rotatable bonds is 4. The van der Waals surface area contributed by atoms with E-state index >= 15 is 0 Å². The van der Waals surface area contributed by atoms with Crippen LogP contribution < -0.4 is 0 Å². The maximum atomic E-state index is 12.8. The molecule has 0 aliphatic carbocycles. The van der Waals surface area contributed by atoms with E-state index in [2.05, 4.69) is 0 Å². The van der Waals surface area contributed by atoms with Gasteiger partial charge < -0.3 is 0 Å². The van der Waals surface area contributed by atoms with E-state index in [-0.39, 0.29) is 0 Å². The second-order valence-electron chi connectivity index (χ2n) is 3.06. The largest absolute Gasteiger partial charge is 0.459 e. The van der Waals surface area contributed by atoms with E-state index in [0.29, 0.717) is 0 Å². The van der Waals surface area contributed by atoms with Gasteiger partial charge in [0.25, 0.3) is 0 Å². The normalized spacial score (nSPS) is 20.2. The summed E-state index contributed by atoms with van der Waals surface area (Å²) in [6.45, 7) is 0. The van der Waals surface area contributed by atoms with E-state index in [1.807, 2.05) is 4.74 Å². The molecule has 20 heavy (non-hydrogen) atoms. The summed E-state index contributed by atoms with van der Waals surface area (Å²) in [4.78, 5) is 9.74. The summed E-state index contributed by atoms with van der Waals surface area (Å²) in [7, 11) is 0. The molecule has 0 amide bonds. The van der Waals surface area contributed by atoms with E-state index < -0.39 is 56.6 Å². The molecule has 0 rings (SSSR count). The highest BCUT2D eigenvalue weighted by Crippen LogP contribution is 2.53. The Hall–Kier alpha value is -0.410. The predicted molar refractivity (Wildman–Crippen MR) is 46.0 cm³/mol. The smallest absolute Gasteiger partial charge is 0.263 e. The molecule has 2 nitrogen and oxygen atoms in total. The Morgan fingerprint density at radius 1 is 0.800 bits per heavy atom. The van der Waals surface area contributed by atoms with Gasteiger partial charge in [-0.15, -0.1) is 0 Å². The Morgan fingerprint density at radius 3 is 1.35 bits per heavy atom. The van der Waals surface area contributed by atoms with Gasteiger partial charge >= 0.3 is 34.0 Å². The van der Waals surface area contributed by atoms with Crippen LogP contribution in [-0.2, 0) is 9.53 Å². The fraction of sp³-hybridized carbons (Fsp3) is 0.833. The molecule has 0 aromatic heterocycles. The van der Waals surface area contributed by atoms with Gasteiger partial charge in [-0.1, -0.05) is 0 Å². The Labute approximate surface area is 115 Å². The molecule has 120 valence electrons. The Balaban J connectivity index is 5.73. The van der Waals surface area contributed by atoms with Crippen molar-refractivity contribution in [3.8, 4) is 0 Å². The first-order valence-corrected chi connectivity index (χ1v) is 4.96. The van der Waals surface area contributed by atoms with Crippen molar-refractivity contribution in [2.24, 2.45) is 0 Å². The Kier molecular flexibility index (Phi) is 4.99. The van der Waals surface area contributed by atoms with E-state index in [1.165, 1.54) is 0 Å². The molecule has 0 aliphatic heterocycles. The molecule has 0 heterocycles. The van der Waals surface area contributed by atoms with E-state index in [4.69, 9.17) is 0 Å². The molecular formula is C6F11IO2. The lowest BCUT2D eigenvalue weighted by atomic mass is 10.3. The first-order valence-electron chi connectivity index (χ1n) is 3.88. The molecule has 0 radical (unpaired) electrons. The number of alkyl halides is 11. The third-order valence-electron chi connectivity index (χ3n) is 1.61. The zero-order chi connectivity index (χ0) is 16.8. The number of ether oxygens (including phenoxy) is 1. The number of carbonyl (C=O) groups is 1. The quantitative estimate of drug-likeness (QED) is 0.286. The standard InChI is InChI=1S/C6F11IO2/c7-1(19)2(8,4(10,11)12)20-6(16,17)3(9,18)5(13,14)15. The molecule has 0 saturated carbocycles. The summed E-state index contributed by atoms with van der Waals surface area (Å²) in [6.07, 6.45) is -19.9. The summed E-state index contributed by atoms with van der Waals surface area (Å²) >= 11 is -0.718. The van der Waals surface area contributed by atoms with E-state index in [0.717, 1.165) is 0 Å². The van der Waals surface area contributed by atoms with E-state index in [9.17, 15) is 53.1 Å². The average molecular weight is 440 g/mol. The van der Waals surface area contributed by atoms with Gasteiger partial charge in [0.2, 0.25) is 0 Å². The molecule has 0 fully saturated rings. The van der Waals surface area contributed by atoms with Crippen LogP contribution >= 0.6 is 22.6 Å². The predicted octanol–water partition coefficient (Wildman–Crippen LogP) is 3.98. The average Bonchev–Trinajstić information content (AvgIpc) is 2.12. The van der Waals surface area contributed by atoms with Gasteiger partial charge in [0, 0.05) is 0 Å². The van der Waals surface area contributed by atoms with Gasteiger partial charge in [-0.3, -0.25) is 9.53 Å². The lowest BCUT2D eigenvalue weighted by Crippen LogP contribution is -2.60. The van der Waals surface area contributed by atoms with Crippen molar-refractivity contribution < 1.29 is 57.8 Å². The molecule has 0 bridgehead atoms. The molecule has 2 unspecified atom stereocenters. The summed E-state index contributed by atoms with van der Waals surface area (Å²) in [5, 5.41) is 0. The van der Waals surface area contributed by atoms with Crippen LogP contribution in [0, 0.1) is 0 Å². The van der Waals surface area contributed by atoms with Crippen molar-refractivity contribution in [3.63, 3.8) is 0 Å². The first-order chi connectivity index (χ1) is 8.40. The minimum absolute atomic E-state index is 0.718. The van der Waals surface area contributed by atoms with Crippen LogP contribution in [-0.4, -0.2) is 34.0 Å². The van der Waals surface area contributed by atoms with Crippen LogP contribution in [0.4, 0.5) is 48.3 Å². The topological polar surface area (TPSA) is 26.3 Å². The molecule has 0 N–H and O–H groups in total. The van der Waals surface area contributed by atoms with Crippen molar-refractivity contribution in [1.29, 1.82) is 0 Å². The number of hydrogen-bond donors (Lipinski definition) is 0. The maximum absolute atomic E-state index is 12.8. The molecule has 0 spiro atoms. The molecule has 14 heteroatoms. The zero-order valence-electron chi connectivity index (χ0n) is 8.35. The van der Waals surface area contributed by atoms with Crippen LogP contribution in [0.3, 0.4) is 0 Å². The van der Waals surface area contributed by atoms with E-state index in [1.54, 1.807) is 0 Å². The molecule has 0 aliphatic rings. The zero-order valence-corrected chi connectivity index (χ0v) is 10.5. The van der Waals surface area contributed by atoms with Crippen molar-refractivity contribution >= 4 is 28.6 Å². The van der Waals surface area contributed by atoms with Gasteiger partial charge in [0.1, 0.15) is 0 Å². The first kappa shape index (κ1) is 19.6. The summed E-state index contributed by atoms with van der Waals surface area (Å²) in [6, 6.07) is -4.22. The maximum Gasteiger partial charge on any atom is 0.459 e. The highest BCUT2D eigenvalue weighted by molar-refractivity contribution is 14.1. The van der Waals surface area contributed by atoms with Gasteiger partial charge in [-0.25, -0.2) is 4.39 Å². The molecule has 0 saturated heterocycles. The van der Waals surface area contributed by atoms with Gasteiger partial charge in [-0.2, -0.15) is 43.9 Å². The monoisotopic (exact) mass is 440 g/mol. The van der Waals surface area contributed by atoms with Crippen molar-refractivity contribution in [1.82, 2.24) is 0 Å². The van der Waals surface area contributed by atoms with Gasteiger partial charge in [0.05, 0.1) is 0 Å². The number of halogens is 12. The summed E-state index contributed by atoms with van der Waals surface area (Å²) in [5.41, 5.74) is 0. The van der Waals surface area contributed by atoms with Crippen LogP contribution in [0.2, 0.25) is 0 Å². The van der Waals surface area contributed by atoms with Crippen LogP contribution in [0.1, 0.15) is 0 Å². The molecule has 0 aromatic rings. The van der Waals surface area contributed by atoms with Crippen LogP contribution in [0.15, 0.2) is 0 Å².